The lowest BCUT2D eigenvalue weighted by Gasteiger charge is -2.73. The van der Waals surface area contributed by atoms with Gasteiger partial charge in [-0.25, -0.2) is 9.78 Å². The number of hydrogen-bond acceptors (Lipinski definition) is 3. The lowest BCUT2D eigenvalue weighted by Crippen LogP contribution is -2.77. The first kappa shape index (κ1) is 19.7. The third kappa shape index (κ3) is 2.84. The van der Waals surface area contributed by atoms with Crippen molar-refractivity contribution >= 4 is 22.8 Å². The summed E-state index contributed by atoms with van der Waals surface area (Å²) in [5.41, 5.74) is -0.521. The summed E-state index contributed by atoms with van der Waals surface area (Å²) in [4.78, 5) is 34.0. The predicted octanol–water partition coefficient (Wildman–Crippen LogP) is 3.62. The summed E-state index contributed by atoms with van der Waals surface area (Å²) in [6.07, 6.45) is 2.04. The Balaban J connectivity index is 1.31. The van der Waals surface area contributed by atoms with Crippen molar-refractivity contribution in [2.75, 3.05) is 12.4 Å². The Morgan fingerprint density at radius 1 is 1.29 bits per heavy atom. The Morgan fingerprint density at radius 3 is 2.68 bits per heavy atom. The molecule has 3 aromatic rings. The highest BCUT2D eigenvalue weighted by Gasteiger charge is 2.71. The molecule has 10 heteroatoms. The van der Waals surface area contributed by atoms with E-state index in [1.807, 2.05) is 18.5 Å². The van der Waals surface area contributed by atoms with Gasteiger partial charge in [0.1, 0.15) is 11.3 Å². The van der Waals surface area contributed by atoms with Crippen LogP contribution in [0, 0.1) is 0 Å². The van der Waals surface area contributed by atoms with Gasteiger partial charge in [0.05, 0.1) is 5.56 Å². The molecule has 0 spiro atoms. The minimum atomic E-state index is -4.62. The van der Waals surface area contributed by atoms with E-state index in [9.17, 15) is 22.8 Å². The largest absolute Gasteiger partial charge is 0.417 e. The van der Waals surface area contributed by atoms with Gasteiger partial charge < -0.3 is 19.8 Å². The Morgan fingerprint density at radius 2 is 2.00 bits per heavy atom. The van der Waals surface area contributed by atoms with E-state index in [-0.39, 0.29) is 11.0 Å². The van der Waals surface area contributed by atoms with Crippen molar-refractivity contribution in [1.82, 2.24) is 19.4 Å². The number of hydrogen-bond donors (Lipinski definition) is 2. The lowest BCUT2D eigenvalue weighted by molar-refractivity contribution is -0.140. The Labute approximate surface area is 174 Å². The maximum Gasteiger partial charge on any atom is 0.417 e. The first-order valence-electron chi connectivity index (χ1n) is 9.79. The molecule has 6 rings (SSSR count). The zero-order valence-electron chi connectivity index (χ0n) is 16.9. The van der Waals surface area contributed by atoms with Crippen molar-refractivity contribution in [2.45, 2.75) is 36.4 Å². The van der Waals surface area contributed by atoms with Crippen LogP contribution in [0.4, 0.5) is 23.7 Å². The van der Waals surface area contributed by atoms with Gasteiger partial charge in [-0.2, -0.15) is 13.2 Å². The summed E-state index contributed by atoms with van der Waals surface area (Å²) >= 11 is 0. The van der Waals surface area contributed by atoms with Crippen LogP contribution < -0.4 is 10.9 Å². The summed E-state index contributed by atoms with van der Waals surface area (Å²) in [5.74, 6) is 0. The highest BCUT2D eigenvalue weighted by atomic mass is 19.4. The maximum absolute atomic E-state index is 13.1. The van der Waals surface area contributed by atoms with Crippen LogP contribution in [-0.2, 0) is 18.6 Å². The predicted molar refractivity (Wildman–Crippen MR) is 108 cm³/mol. The molecule has 2 amide bonds. The van der Waals surface area contributed by atoms with Gasteiger partial charge in [0, 0.05) is 49.0 Å². The minimum absolute atomic E-state index is 0.0284. The SMILES string of the molecule is CN(C(=O)Nc1cc(C(F)(F)F)cn(C)c1=O)C12CC(c3cnc4[nH]ccc4c3)(C1)C2. The van der Waals surface area contributed by atoms with E-state index in [0.29, 0.717) is 12.3 Å². The Bertz CT molecular complexity index is 1260. The maximum atomic E-state index is 13.1. The van der Waals surface area contributed by atoms with Gasteiger partial charge in [0.25, 0.3) is 5.56 Å². The second-order valence-corrected chi connectivity index (χ2v) is 8.72. The summed E-state index contributed by atoms with van der Waals surface area (Å²) in [5, 5.41) is 3.40. The van der Waals surface area contributed by atoms with Crippen molar-refractivity contribution in [3.63, 3.8) is 0 Å². The molecule has 162 valence electrons. The molecule has 0 aliphatic heterocycles. The number of pyridine rings is 2. The number of anilines is 1. The molecule has 31 heavy (non-hydrogen) atoms. The quantitative estimate of drug-likeness (QED) is 0.665. The van der Waals surface area contributed by atoms with Crippen LogP contribution in [0.15, 0.2) is 41.6 Å². The smallest absolute Gasteiger partial charge is 0.346 e. The summed E-state index contributed by atoms with van der Waals surface area (Å²) in [6, 6.07) is 4.15. The standard InChI is InChI=1S/C21H20F3N5O2/c1-28-8-14(21(22,23)24)6-15(17(28)30)27-18(31)29(2)20-9-19(10-20,11-20)13-5-12-3-4-25-16(12)26-7-13/h3-8H,9-11H2,1-2H3,(H,25,26)(H,27,31). The first-order valence-corrected chi connectivity index (χ1v) is 9.79. The number of H-pyrrole nitrogens is 1. The molecule has 0 aromatic carbocycles. The van der Waals surface area contributed by atoms with Gasteiger partial charge in [-0.05, 0) is 43.0 Å². The molecule has 3 aliphatic rings. The van der Waals surface area contributed by atoms with Crippen LogP contribution in [0.1, 0.15) is 30.4 Å². The van der Waals surface area contributed by atoms with Gasteiger partial charge >= 0.3 is 12.2 Å². The molecule has 3 heterocycles. The molecule has 0 saturated heterocycles. The second kappa shape index (κ2) is 6.12. The van der Waals surface area contributed by atoms with Gasteiger partial charge in [-0.1, -0.05) is 0 Å². The summed E-state index contributed by atoms with van der Waals surface area (Å²) in [6.45, 7) is 0. The monoisotopic (exact) mass is 431 g/mol. The Kier molecular flexibility index (Phi) is 3.88. The molecular formula is C21H20F3N5O2. The number of aromatic amines is 1. The van der Waals surface area contributed by atoms with Crippen molar-refractivity contribution in [1.29, 1.82) is 0 Å². The van der Waals surface area contributed by atoms with Crippen molar-refractivity contribution < 1.29 is 18.0 Å². The first-order chi connectivity index (χ1) is 14.5. The van der Waals surface area contributed by atoms with E-state index in [2.05, 4.69) is 21.4 Å². The van der Waals surface area contributed by atoms with E-state index in [1.54, 1.807) is 7.05 Å². The van der Waals surface area contributed by atoms with E-state index < -0.39 is 29.0 Å². The van der Waals surface area contributed by atoms with Crippen molar-refractivity contribution in [3.05, 3.63) is 58.3 Å². The zero-order chi connectivity index (χ0) is 22.2. The number of aromatic nitrogens is 3. The lowest BCUT2D eigenvalue weighted by atomic mass is 9.37. The molecule has 3 aliphatic carbocycles. The van der Waals surface area contributed by atoms with Gasteiger partial charge in [-0.15, -0.1) is 0 Å². The molecular weight excluding hydrogens is 411 g/mol. The fourth-order valence-corrected chi connectivity index (χ4v) is 5.00. The number of amides is 2. The number of alkyl halides is 3. The van der Waals surface area contributed by atoms with Crippen molar-refractivity contribution in [2.24, 2.45) is 7.05 Å². The third-order valence-corrected chi connectivity index (χ3v) is 6.78. The highest BCUT2D eigenvalue weighted by Crippen LogP contribution is 2.70. The number of aryl methyl sites for hydroxylation is 1. The van der Waals surface area contributed by atoms with Crippen LogP contribution in [-0.4, -0.2) is 38.1 Å². The fraction of sp³-hybridized carbons (Fsp3) is 0.381. The molecule has 3 fully saturated rings. The van der Waals surface area contributed by atoms with E-state index in [4.69, 9.17) is 0 Å². The number of nitrogens with zero attached hydrogens (tertiary/aromatic N) is 3. The number of fused-ring (bicyclic) bond motifs is 1. The molecule has 0 atom stereocenters. The normalized spacial score (nSPS) is 24.4. The van der Waals surface area contributed by atoms with Gasteiger partial charge in [0.2, 0.25) is 0 Å². The summed E-state index contributed by atoms with van der Waals surface area (Å²) < 4.78 is 40.0. The average Bonchev–Trinajstić information content (AvgIpc) is 3.10. The number of urea groups is 1. The van der Waals surface area contributed by atoms with Crippen molar-refractivity contribution in [3.8, 4) is 0 Å². The average molecular weight is 431 g/mol. The molecule has 2 N–H and O–H groups in total. The van der Waals surface area contributed by atoms with Gasteiger partial charge in [-0.3, -0.25) is 4.79 Å². The molecule has 3 aromatic heterocycles. The Hall–Kier alpha value is -3.30. The molecule has 3 saturated carbocycles. The van der Waals surface area contributed by atoms with E-state index >= 15 is 0 Å². The van der Waals surface area contributed by atoms with Crippen LogP contribution in [0.25, 0.3) is 11.0 Å². The van der Waals surface area contributed by atoms with Gasteiger partial charge in [0.15, 0.2) is 0 Å². The van der Waals surface area contributed by atoms with Crippen LogP contribution in [0.3, 0.4) is 0 Å². The molecule has 2 bridgehead atoms. The second-order valence-electron chi connectivity index (χ2n) is 8.72. The number of rotatable bonds is 3. The van der Waals surface area contributed by atoms with E-state index in [0.717, 1.165) is 40.4 Å². The number of nitrogens with one attached hydrogen (secondary N) is 2. The minimum Gasteiger partial charge on any atom is -0.346 e. The van der Waals surface area contributed by atoms with E-state index in [1.165, 1.54) is 11.9 Å². The molecule has 0 unspecified atom stereocenters. The van der Waals surface area contributed by atoms with Crippen LogP contribution in [0.2, 0.25) is 0 Å². The third-order valence-electron chi connectivity index (χ3n) is 6.78. The number of carbonyl (C=O) groups is 1. The number of carbonyl (C=O) groups excluding carboxylic acids is 1. The van der Waals surface area contributed by atoms with Crippen LogP contribution in [0.5, 0.6) is 0 Å². The van der Waals surface area contributed by atoms with Crippen LogP contribution >= 0.6 is 0 Å². The topological polar surface area (TPSA) is 83.0 Å². The number of halogens is 3. The highest BCUT2D eigenvalue weighted by molar-refractivity contribution is 5.90. The molecule has 7 nitrogen and oxygen atoms in total. The fourth-order valence-electron chi connectivity index (χ4n) is 5.00. The molecule has 0 radical (unpaired) electrons. The summed E-state index contributed by atoms with van der Waals surface area (Å²) in [7, 11) is 2.83. The zero-order valence-corrected chi connectivity index (χ0v) is 16.9.